The van der Waals surface area contributed by atoms with E-state index in [1.54, 1.807) is 31.3 Å². The molecule has 1 aliphatic heterocycles. The highest BCUT2D eigenvalue weighted by Crippen LogP contribution is 2.39. The molecule has 1 unspecified atom stereocenters. The number of nitrogens with zero attached hydrogens (tertiary/aromatic N) is 2. The molecule has 0 saturated heterocycles. The summed E-state index contributed by atoms with van der Waals surface area (Å²) in [5, 5.41) is 3.36. The minimum atomic E-state index is -1.22. The SMILES string of the molecule is CC.CNC1(C(=O)N(C)C=O)CN(F)c2ccccc21. The topological polar surface area (TPSA) is 52.7 Å². The maximum Gasteiger partial charge on any atom is 0.255 e. The van der Waals surface area contributed by atoms with E-state index in [9.17, 15) is 14.1 Å². The third kappa shape index (κ3) is 2.38. The van der Waals surface area contributed by atoms with Crippen LogP contribution in [0.15, 0.2) is 24.3 Å². The molecule has 5 nitrogen and oxygen atoms in total. The number of carbonyl (C=O) groups excluding carboxylic acids is 2. The lowest BCUT2D eigenvalue weighted by atomic mass is 9.90. The van der Waals surface area contributed by atoms with Crippen LogP contribution in [-0.2, 0) is 15.1 Å². The van der Waals surface area contributed by atoms with E-state index < -0.39 is 11.4 Å². The molecular weight excluding hydrogens is 261 g/mol. The normalized spacial score (nSPS) is 19.8. The van der Waals surface area contributed by atoms with Crippen LogP contribution in [0, 0.1) is 0 Å². The number of halogens is 1. The summed E-state index contributed by atoms with van der Waals surface area (Å²) in [6.07, 6.45) is 0.422. The van der Waals surface area contributed by atoms with Gasteiger partial charge in [-0.15, -0.1) is 0 Å². The van der Waals surface area contributed by atoms with Crippen LogP contribution in [0.3, 0.4) is 0 Å². The third-order valence-electron chi connectivity index (χ3n) is 3.27. The van der Waals surface area contributed by atoms with Gasteiger partial charge in [-0.05, 0) is 13.1 Å². The predicted molar refractivity (Wildman–Crippen MR) is 75.8 cm³/mol. The summed E-state index contributed by atoms with van der Waals surface area (Å²) in [5.41, 5.74) is -0.339. The molecule has 0 saturated carbocycles. The second-order valence-electron chi connectivity index (χ2n) is 4.21. The molecule has 1 N–H and O–H groups in total. The average molecular weight is 281 g/mol. The Bertz CT molecular complexity index is 495. The van der Waals surface area contributed by atoms with Gasteiger partial charge in [-0.25, -0.2) is 5.12 Å². The molecule has 0 bridgehead atoms. The molecule has 1 aromatic rings. The molecule has 110 valence electrons. The predicted octanol–water partition coefficient (Wildman–Crippen LogP) is 1.45. The van der Waals surface area contributed by atoms with Gasteiger partial charge in [0.2, 0.25) is 6.41 Å². The van der Waals surface area contributed by atoms with E-state index in [1.165, 1.54) is 7.05 Å². The van der Waals surface area contributed by atoms with Crippen molar-refractivity contribution in [3.63, 3.8) is 0 Å². The quantitative estimate of drug-likeness (QED) is 0.673. The number of imide groups is 1. The van der Waals surface area contributed by atoms with Gasteiger partial charge in [-0.1, -0.05) is 36.5 Å². The van der Waals surface area contributed by atoms with Gasteiger partial charge in [0.05, 0.1) is 12.2 Å². The minimum absolute atomic E-state index is 0.153. The molecule has 1 aliphatic rings. The summed E-state index contributed by atoms with van der Waals surface area (Å²) < 4.78 is 13.9. The fraction of sp³-hybridized carbons (Fsp3) is 0.429. The molecule has 0 radical (unpaired) electrons. The zero-order valence-corrected chi connectivity index (χ0v) is 12.2. The van der Waals surface area contributed by atoms with Crippen molar-refractivity contribution >= 4 is 18.0 Å². The lowest BCUT2D eigenvalue weighted by Gasteiger charge is -2.29. The number of likely N-dealkylation sites (N-methyl/N-ethyl adjacent to an activating group) is 2. The number of hydrogen-bond acceptors (Lipinski definition) is 4. The van der Waals surface area contributed by atoms with Crippen molar-refractivity contribution in [1.82, 2.24) is 10.2 Å². The van der Waals surface area contributed by atoms with Crippen molar-refractivity contribution in [2.24, 2.45) is 0 Å². The number of rotatable bonds is 3. The van der Waals surface area contributed by atoms with Crippen molar-refractivity contribution in [1.29, 1.82) is 0 Å². The molecule has 1 atom stereocenters. The number of amides is 2. The molecule has 0 fully saturated rings. The Labute approximate surface area is 118 Å². The van der Waals surface area contributed by atoms with Crippen LogP contribution in [0.1, 0.15) is 19.4 Å². The van der Waals surface area contributed by atoms with Crippen LogP contribution < -0.4 is 10.4 Å². The van der Waals surface area contributed by atoms with Gasteiger partial charge in [0.15, 0.2) is 0 Å². The smallest absolute Gasteiger partial charge is 0.255 e. The molecule has 20 heavy (non-hydrogen) atoms. The molecule has 2 amide bonds. The number of benzene rings is 1. The van der Waals surface area contributed by atoms with E-state index in [1.807, 2.05) is 13.8 Å². The number of nitrogens with one attached hydrogen (secondary N) is 1. The Hall–Kier alpha value is -1.95. The van der Waals surface area contributed by atoms with Gasteiger partial charge < -0.3 is 5.32 Å². The van der Waals surface area contributed by atoms with Gasteiger partial charge >= 0.3 is 0 Å². The number of para-hydroxylation sites is 1. The highest BCUT2D eigenvalue weighted by Gasteiger charge is 2.49. The summed E-state index contributed by atoms with van der Waals surface area (Å²) >= 11 is 0. The van der Waals surface area contributed by atoms with Crippen LogP contribution in [0.25, 0.3) is 0 Å². The summed E-state index contributed by atoms with van der Waals surface area (Å²) in [6.45, 7) is 3.85. The third-order valence-corrected chi connectivity index (χ3v) is 3.27. The maximum atomic E-state index is 13.9. The number of carbonyl (C=O) groups is 2. The fourth-order valence-electron chi connectivity index (χ4n) is 2.28. The number of hydrogen-bond donors (Lipinski definition) is 1. The van der Waals surface area contributed by atoms with Gasteiger partial charge in [-0.2, -0.15) is 0 Å². The Morgan fingerprint density at radius 2 is 2.05 bits per heavy atom. The highest BCUT2D eigenvalue weighted by atomic mass is 19.2. The summed E-state index contributed by atoms with van der Waals surface area (Å²) in [4.78, 5) is 23.9. The maximum absolute atomic E-state index is 13.9. The second kappa shape index (κ2) is 6.47. The first kappa shape index (κ1) is 16.1. The van der Waals surface area contributed by atoms with E-state index >= 15 is 0 Å². The first-order valence-electron chi connectivity index (χ1n) is 6.51. The lowest BCUT2D eigenvalue weighted by molar-refractivity contribution is -0.142. The van der Waals surface area contributed by atoms with Crippen molar-refractivity contribution in [3.05, 3.63) is 29.8 Å². The first-order chi connectivity index (χ1) is 9.56. The molecule has 0 aliphatic carbocycles. The molecule has 2 rings (SSSR count). The summed E-state index contributed by atoms with van der Waals surface area (Å²) in [5.74, 6) is -0.479. The van der Waals surface area contributed by atoms with Crippen LogP contribution in [-0.4, -0.2) is 37.9 Å². The lowest BCUT2D eigenvalue weighted by Crippen LogP contribution is -2.55. The van der Waals surface area contributed by atoms with Crippen molar-refractivity contribution in [2.75, 3.05) is 25.8 Å². The standard InChI is InChI=1S/C12H14FN3O2.C2H6/c1-14-12(11(18)15(2)8-17)7-16(13)10-6-4-3-5-9(10)12;1-2/h3-6,8,14H,7H2,1-2H3;1-2H3. The van der Waals surface area contributed by atoms with Crippen LogP contribution in [0.4, 0.5) is 10.2 Å². The Balaban J connectivity index is 0.000000956. The molecule has 1 heterocycles. The van der Waals surface area contributed by atoms with Gasteiger partial charge in [0.1, 0.15) is 5.54 Å². The summed E-state index contributed by atoms with van der Waals surface area (Å²) in [7, 11) is 2.93. The van der Waals surface area contributed by atoms with E-state index in [0.717, 1.165) is 4.90 Å². The van der Waals surface area contributed by atoms with Crippen LogP contribution >= 0.6 is 0 Å². The molecule has 0 spiro atoms. The molecular formula is C14H20FN3O2. The van der Waals surface area contributed by atoms with Crippen molar-refractivity contribution in [2.45, 2.75) is 19.4 Å². The minimum Gasteiger partial charge on any atom is -0.301 e. The highest BCUT2D eigenvalue weighted by molar-refractivity contribution is 5.97. The molecule has 1 aromatic carbocycles. The van der Waals surface area contributed by atoms with Crippen molar-refractivity contribution < 1.29 is 14.1 Å². The van der Waals surface area contributed by atoms with Gasteiger partial charge in [-0.3, -0.25) is 14.5 Å². The fourth-order valence-corrected chi connectivity index (χ4v) is 2.28. The monoisotopic (exact) mass is 281 g/mol. The Morgan fingerprint density at radius 3 is 2.60 bits per heavy atom. The largest absolute Gasteiger partial charge is 0.301 e. The number of fused-ring (bicyclic) bond motifs is 1. The van der Waals surface area contributed by atoms with Crippen molar-refractivity contribution in [3.8, 4) is 0 Å². The first-order valence-corrected chi connectivity index (χ1v) is 6.51. The van der Waals surface area contributed by atoms with Crippen LogP contribution in [0.2, 0.25) is 0 Å². The molecule has 0 aromatic heterocycles. The van der Waals surface area contributed by atoms with E-state index in [4.69, 9.17) is 0 Å². The van der Waals surface area contributed by atoms with E-state index in [0.29, 0.717) is 22.8 Å². The van der Waals surface area contributed by atoms with Gasteiger partial charge in [0.25, 0.3) is 5.91 Å². The van der Waals surface area contributed by atoms with E-state index in [2.05, 4.69) is 5.32 Å². The van der Waals surface area contributed by atoms with E-state index in [-0.39, 0.29) is 6.54 Å². The zero-order valence-electron chi connectivity index (χ0n) is 12.2. The summed E-state index contributed by atoms with van der Waals surface area (Å²) in [6, 6.07) is 6.72. The molecule has 6 heteroatoms. The Morgan fingerprint density at radius 1 is 1.45 bits per heavy atom. The number of anilines is 1. The van der Waals surface area contributed by atoms with Crippen LogP contribution in [0.5, 0.6) is 0 Å². The average Bonchev–Trinajstić information content (AvgIpc) is 2.82. The Kier molecular flexibility index (Phi) is 5.21. The zero-order chi connectivity index (χ0) is 15.3. The second-order valence-corrected chi connectivity index (χ2v) is 4.21. The van der Waals surface area contributed by atoms with Gasteiger partial charge in [0, 0.05) is 12.6 Å².